The summed E-state index contributed by atoms with van der Waals surface area (Å²) in [4.78, 5) is 12.5. The Morgan fingerprint density at radius 3 is 1.95 bits per heavy atom. The molecule has 0 fully saturated rings. The first-order valence-electron chi connectivity index (χ1n) is 6.22. The molecule has 1 atom stereocenters. The summed E-state index contributed by atoms with van der Waals surface area (Å²) in [6, 6.07) is 15.4. The molecule has 0 bridgehead atoms. The molecule has 2 rings (SSSR count). The monoisotopic (exact) mass is 399 g/mol. The fourth-order valence-electron chi connectivity index (χ4n) is 2.25. The van der Waals surface area contributed by atoms with E-state index in [4.69, 9.17) is 11.6 Å². The maximum Gasteiger partial charge on any atom is 0.234 e. The molecule has 0 aliphatic carbocycles. The van der Waals surface area contributed by atoms with Crippen LogP contribution >= 0.6 is 34.2 Å². The maximum atomic E-state index is 12.5. The molecule has 0 radical (unpaired) electrons. The Morgan fingerprint density at radius 2 is 1.50 bits per heavy atom. The molecule has 20 heavy (non-hydrogen) atoms. The van der Waals surface area contributed by atoms with Crippen molar-refractivity contribution < 1.29 is 4.79 Å². The molecular formula is C16H15ClINO. The minimum Gasteiger partial charge on any atom is -0.358 e. The summed E-state index contributed by atoms with van der Waals surface area (Å²) in [5.74, 6) is -0.0407. The van der Waals surface area contributed by atoms with Gasteiger partial charge in [0.05, 0.1) is 5.41 Å². The van der Waals surface area contributed by atoms with E-state index in [-0.39, 0.29) is 5.91 Å². The Kier molecular flexibility index (Phi) is 4.70. The van der Waals surface area contributed by atoms with Crippen molar-refractivity contribution in [2.75, 3.05) is 7.05 Å². The lowest BCUT2D eigenvalue weighted by Crippen LogP contribution is -2.41. The smallest absolute Gasteiger partial charge is 0.234 e. The third kappa shape index (κ3) is 2.83. The van der Waals surface area contributed by atoms with Crippen molar-refractivity contribution in [1.29, 1.82) is 0 Å². The van der Waals surface area contributed by atoms with Gasteiger partial charge in [-0.1, -0.05) is 35.9 Å². The third-order valence-corrected chi connectivity index (χ3v) is 4.50. The van der Waals surface area contributed by atoms with Crippen LogP contribution in [0.25, 0.3) is 0 Å². The van der Waals surface area contributed by atoms with E-state index >= 15 is 0 Å². The van der Waals surface area contributed by atoms with E-state index in [1.807, 2.05) is 55.5 Å². The minimum absolute atomic E-state index is 0.0407. The molecule has 2 aromatic carbocycles. The molecule has 0 heterocycles. The van der Waals surface area contributed by atoms with Crippen LogP contribution < -0.4 is 5.32 Å². The van der Waals surface area contributed by atoms with Gasteiger partial charge in [-0.15, -0.1) is 0 Å². The van der Waals surface area contributed by atoms with Crippen LogP contribution in [0.5, 0.6) is 0 Å². The first-order chi connectivity index (χ1) is 9.48. The summed E-state index contributed by atoms with van der Waals surface area (Å²) in [6.45, 7) is 1.93. The Labute approximate surface area is 137 Å². The lowest BCUT2D eigenvalue weighted by molar-refractivity contribution is -0.124. The molecule has 2 aromatic rings. The summed E-state index contributed by atoms with van der Waals surface area (Å²) in [6.07, 6.45) is 0. The Morgan fingerprint density at radius 1 is 1.05 bits per heavy atom. The van der Waals surface area contributed by atoms with Crippen LogP contribution in [-0.4, -0.2) is 13.0 Å². The van der Waals surface area contributed by atoms with E-state index in [0.717, 1.165) is 14.7 Å². The Bertz CT molecular complexity index is 562. The van der Waals surface area contributed by atoms with E-state index in [0.29, 0.717) is 5.02 Å². The van der Waals surface area contributed by atoms with E-state index in [2.05, 4.69) is 27.9 Å². The highest BCUT2D eigenvalue weighted by atomic mass is 127. The van der Waals surface area contributed by atoms with E-state index < -0.39 is 5.41 Å². The van der Waals surface area contributed by atoms with Crippen molar-refractivity contribution in [3.8, 4) is 0 Å². The summed E-state index contributed by atoms with van der Waals surface area (Å²) >= 11 is 8.19. The molecule has 2 nitrogen and oxygen atoms in total. The van der Waals surface area contributed by atoms with Crippen molar-refractivity contribution >= 4 is 40.1 Å². The molecule has 0 aliphatic rings. The Hall–Kier alpha value is -1.07. The first kappa shape index (κ1) is 15.3. The van der Waals surface area contributed by atoms with Gasteiger partial charge < -0.3 is 5.32 Å². The van der Waals surface area contributed by atoms with E-state index in [9.17, 15) is 4.79 Å². The SMILES string of the molecule is CNC(=O)C(C)(c1ccc(Cl)cc1)c1ccc(I)cc1. The highest BCUT2D eigenvalue weighted by molar-refractivity contribution is 14.1. The molecule has 104 valence electrons. The highest BCUT2D eigenvalue weighted by Crippen LogP contribution is 2.33. The number of nitrogens with one attached hydrogen (secondary N) is 1. The fourth-order valence-corrected chi connectivity index (χ4v) is 2.73. The van der Waals surface area contributed by atoms with Gasteiger partial charge in [-0.3, -0.25) is 4.79 Å². The van der Waals surface area contributed by atoms with Crippen LogP contribution in [0.15, 0.2) is 48.5 Å². The second kappa shape index (κ2) is 6.14. The van der Waals surface area contributed by atoms with Gasteiger partial charge in [0, 0.05) is 15.6 Å². The van der Waals surface area contributed by atoms with Gasteiger partial charge in [-0.2, -0.15) is 0 Å². The summed E-state index contributed by atoms with van der Waals surface area (Å²) in [5, 5.41) is 3.42. The van der Waals surface area contributed by atoms with Crippen LogP contribution in [0.4, 0.5) is 0 Å². The number of likely N-dealkylation sites (N-methyl/N-ethyl adjacent to an activating group) is 1. The summed E-state index contributed by atoms with van der Waals surface area (Å²) in [5.41, 5.74) is 1.14. The molecule has 0 saturated heterocycles. The minimum atomic E-state index is -0.732. The zero-order valence-electron chi connectivity index (χ0n) is 11.3. The number of amides is 1. The van der Waals surface area contributed by atoms with Gasteiger partial charge >= 0.3 is 0 Å². The molecule has 0 aliphatic heterocycles. The predicted molar refractivity (Wildman–Crippen MR) is 91.1 cm³/mol. The zero-order valence-corrected chi connectivity index (χ0v) is 14.2. The van der Waals surface area contributed by atoms with Gasteiger partial charge in [-0.25, -0.2) is 0 Å². The lowest BCUT2D eigenvalue weighted by atomic mass is 9.75. The van der Waals surface area contributed by atoms with Crippen molar-refractivity contribution in [1.82, 2.24) is 5.32 Å². The van der Waals surface area contributed by atoms with Crippen LogP contribution in [-0.2, 0) is 10.2 Å². The first-order valence-corrected chi connectivity index (χ1v) is 7.68. The van der Waals surface area contributed by atoms with Gasteiger partial charge in [0.2, 0.25) is 5.91 Å². The van der Waals surface area contributed by atoms with Crippen LogP contribution in [0.1, 0.15) is 18.1 Å². The number of rotatable bonds is 3. The van der Waals surface area contributed by atoms with Crippen LogP contribution in [0, 0.1) is 3.57 Å². The van der Waals surface area contributed by atoms with Crippen molar-refractivity contribution in [2.24, 2.45) is 0 Å². The van der Waals surface area contributed by atoms with Crippen LogP contribution in [0.2, 0.25) is 5.02 Å². The van der Waals surface area contributed by atoms with Gasteiger partial charge in [-0.05, 0) is 64.9 Å². The summed E-state index contributed by atoms with van der Waals surface area (Å²) < 4.78 is 1.14. The second-order valence-electron chi connectivity index (χ2n) is 4.72. The lowest BCUT2D eigenvalue weighted by Gasteiger charge is -2.29. The summed E-state index contributed by atoms with van der Waals surface area (Å²) in [7, 11) is 1.66. The number of carbonyl (C=O) groups is 1. The maximum absolute atomic E-state index is 12.5. The molecule has 0 saturated carbocycles. The van der Waals surface area contributed by atoms with Crippen LogP contribution in [0.3, 0.4) is 0 Å². The largest absolute Gasteiger partial charge is 0.358 e. The average molecular weight is 400 g/mol. The predicted octanol–water partition coefficient (Wildman–Crippen LogP) is 4.00. The number of halogens is 2. The normalized spacial score (nSPS) is 13.6. The third-order valence-electron chi connectivity index (χ3n) is 3.52. The van der Waals surface area contributed by atoms with Crippen molar-refractivity contribution in [2.45, 2.75) is 12.3 Å². The number of carbonyl (C=O) groups excluding carboxylic acids is 1. The molecule has 4 heteroatoms. The van der Waals surface area contributed by atoms with Crippen molar-refractivity contribution in [3.63, 3.8) is 0 Å². The topological polar surface area (TPSA) is 29.1 Å². The number of benzene rings is 2. The molecule has 1 N–H and O–H groups in total. The molecule has 0 aromatic heterocycles. The fraction of sp³-hybridized carbons (Fsp3) is 0.188. The number of hydrogen-bond donors (Lipinski definition) is 1. The standard InChI is InChI=1S/C16H15ClINO/c1-16(15(20)19-2,11-3-7-13(17)8-4-11)12-5-9-14(18)10-6-12/h3-10H,1-2H3,(H,19,20). The van der Waals surface area contributed by atoms with Gasteiger partial charge in [0.15, 0.2) is 0 Å². The Balaban J connectivity index is 2.58. The highest BCUT2D eigenvalue weighted by Gasteiger charge is 2.36. The van der Waals surface area contributed by atoms with Gasteiger partial charge in [0.25, 0.3) is 0 Å². The van der Waals surface area contributed by atoms with E-state index in [1.165, 1.54) is 0 Å². The van der Waals surface area contributed by atoms with Gasteiger partial charge in [0.1, 0.15) is 0 Å². The molecular weight excluding hydrogens is 385 g/mol. The number of hydrogen-bond acceptors (Lipinski definition) is 1. The quantitative estimate of drug-likeness (QED) is 0.777. The average Bonchev–Trinajstić information content (AvgIpc) is 2.47. The molecule has 0 spiro atoms. The molecule has 1 amide bonds. The molecule has 1 unspecified atom stereocenters. The van der Waals surface area contributed by atoms with Crippen molar-refractivity contribution in [3.05, 3.63) is 68.3 Å². The second-order valence-corrected chi connectivity index (χ2v) is 6.40. The zero-order chi connectivity index (χ0) is 14.8. The van der Waals surface area contributed by atoms with E-state index in [1.54, 1.807) is 7.05 Å².